The first-order valence-electron chi connectivity index (χ1n) is 6.65. The number of nitrogens with one attached hydrogen (secondary N) is 1. The van der Waals surface area contributed by atoms with Crippen LogP contribution in [0.25, 0.3) is 0 Å². The molecule has 0 saturated carbocycles. The fourth-order valence-corrected chi connectivity index (χ4v) is 1.81. The molecule has 0 aromatic heterocycles. The standard InChI is InChI=1S/C15H21NO5/c1-5-21-14(17)7-12-9-16-8-11(15(12)18)6-13(20-4)10(2)19-3/h6,9,16H,5,7-8H2,1-4H3/b11-6+,13-10-. The second-order valence-electron chi connectivity index (χ2n) is 4.36. The maximum absolute atomic E-state index is 12.3. The first kappa shape index (κ1) is 16.8. The van der Waals surface area contributed by atoms with Gasteiger partial charge >= 0.3 is 5.97 Å². The Bertz CT molecular complexity index is 502. The van der Waals surface area contributed by atoms with E-state index in [-0.39, 0.29) is 12.2 Å². The molecule has 1 rings (SSSR count). The molecule has 1 heterocycles. The van der Waals surface area contributed by atoms with Crippen molar-refractivity contribution < 1.29 is 23.8 Å². The molecule has 21 heavy (non-hydrogen) atoms. The van der Waals surface area contributed by atoms with Gasteiger partial charge in [0, 0.05) is 23.9 Å². The number of ether oxygens (including phenoxy) is 3. The lowest BCUT2D eigenvalue weighted by Gasteiger charge is -2.17. The first-order chi connectivity index (χ1) is 10.0. The van der Waals surface area contributed by atoms with E-state index < -0.39 is 5.97 Å². The van der Waals surface area contributed by atoms with E-state index in [0.717, 1.165) is 0 Å². The summed E-state index contributed by atoms with van der Waals surface area (Å²) in [6.45, 7) is 4.13. The number of methoxy groups -OCH3 is 2. The maximum Gasteiger partial charge on any atom is 0.310 e. The molecule has 1 aliphatic rings. The first-order valence-corrected chi connectivity index (χ1v) is 6.65. The van der Waals surface area contributed by atoms with E-state index in [0.29, 0.717) is 35.8 Å². The number of allylic oxidation sites excluding steroid dienone is 2. The second-order valence-corrected chi connectivity index (χ2v) is 4.36. The van der Waals surface area contributed by atoms with E-state index in [1.165, 1.54) is 14.2 Å². The van der Waals surface area contributed by atoms with Crippen molar-refractivity contribution in [1.29, 1.82) is 0 Å². The number of hydrogen-bond acceptors (Lipinski definition) is 6. The van der Waals surface area contributed by atoms with Gasteiger partial charge < -0.3 is 19.5 Å². The number of Topliss-reactive ketones (excluding diaryl/α,β-unsaturated/α-hetero) is 1. The highest BCUT2D eigenvalue weighted by Crippen LogP contribution is 2.18. The van der Waals surface area contributed by atoms with Gasteiger partial charge in [0.15, 0.2) is 11.5 Å². The van der Waals surface area contributed by atoms with Crippen LogP contribution in [-0.4, -0.2) is 39.1 Å². The molecule has 0 atom stereocenters. The molecule has 116 valence electrons. The molecule has 0 aliphatic carbocycles. The van der Waals surface area contributed by atoms with Crippen LogP contribution in [0.15, 0.2) is 34.9 Å². The van der Waals surface area contributed by atoms with E-state index in [1.807, 2.05) is 0 Å². The van der Waals surface area contributed by atoms with Gasteiger partial charge in [0.05, 0.1) is 27.2 Å². The Kier molecular flexibility index (Phi) is 6.52. The molecule has 0 fully saturated rings. The largest absolute Gasteiger partial charge is 0.498 e. The third-order valence-corrected chi connectivity index (χ3v) is 2.97. The van der Waals surface area contributed by atoms with Gasteiger partial charge in [-0.3, -0.25) is 9.59 Å². The van der Waals surface area contributed by atoms with Gasteiger partial charge in [0.25, 0.3) is 0 Å². The number of ketones is 1. The lowest BCUT2D eigenvalue weighted by molar-refractivity contribution is -0.142. The summed E-state index contributed by atoms with van der Waals surface area (Å²) in [5.41, 5.74) is 0.876. The molecule has 0 radical (unpaired) electrons. The Morgan fingerprint density at radius 3 is 2.67 bits per heavy atom. The average molecular weight is 295 g/mol. The topological polar surface area (TPSA) is 73.9 Å². The van der Waals surface area contributed by atoms with Gasteiger partial charge in [-0.05, 0) is 19.9 Å². The number of rotatable bonds is 6. The van der Waals surface area contributed by atoms with E-state index in [2.05, 4.69) is 5.32 Å². The van der Waals surface area contributed by atoms with Crippen molar-refractivity contribution >= 4 is 11.8 Å². The van der Waals surface area contributed by atoms with Gasteiger partial charge in [-0.1, -0.05) is 0 Å². The van der Waals surface area contributed by atoms with Crippen molar-refractivity contribution in [3.8, 4) is 0 Å². The summed E-state index contributed by atoms with van der Waals surface area (Å²) in [7, 11) is 3.03. The molecule has 0 unspecified atom stereocenters. The summed E-state index contributed by atoms with van der Waals surface area (Å²) < 4.78 is 15.1. The molecule has 0 spiro atoms. The molecule has 0 aromatic carbocycles. The number of carbonyl (C=O) groups is 2. The molecular weight excluding hydrogens is 274 g/mol. The molecule has 0 aromatic rings. The van der Waals surface area contributed by atoms with Gasteiger partial charge in [-0.15, -0.1) is 0 Å². The van der Waals surface area contributed by atoms with Crippen LogP contribution < -0.4 is 5.32 Å². The van der Waals surface area contributed by atoms with Gasteiger partial charge in [-0.2, -0.15) is 0 Å². The number of esters is 1. The van der Waals surface area contributed by atoms with Crippen molar-refractivity contribution in [2.75, 3.05) is 27.4 Å². The van der Waals surface area contributed by atoms with E-state index in [9.17, 15) is 9.59 Å². The summed E-state index contributed by atoms with van der Waals surface area (Å²) in [6, 6.07) is 0. The summed E-state index contributed by atoms with van der Waals surface area (Å²) in [5, 5.41) is 2.97. The molecule has 0 saturated heterocycles. The number of hydrogen-bond donors (Lipinski definition) is 1. The van der Waals surface area contributed by atoms with Gasteiger partial charge in [-0.25, -0.2) is 0 Å². The molecular formula is C15H21NO5. The molecule has 6 heteroatoms. The Morgan fingerprint density at radius 1 is 1.38 bits per heavy atom. The molecule has 1 N–H and O–H groups in total. The van der Waals surface area contributed by atoms with Crippen molar-refractivity contribution in [1.82, 2.24) is 5.32 Å². The van der Waals surface area contributed by atoms with E-state index >= 15 is 0 Å². The van der Waals surface area contributed by atoms with Crippen molar-refractivity contribution in [2.24, 2.45) is 0 Å². The van der Waals surface area contributed by atoms with Crippen LogP contribution in [0.5, 0.6) is 0 Å². The third kappa shape index (κ3) is 4.66. The lowest BCUT2D eigenvalue weighted by Crippen LogP contribution is -2.26. The number of carbonyl (C=O) groups excluding carboxylic acids is 2. The van der Waals surface area contributed by atoms with Crippen LogP contribution in [0.2, 0.25) is 0 Å². The van der Waals surface area contributed by atoms with Crippen molar-refractivity contribution in [3.05, 3.63) is 34.9 Å². The average Bonchev–Trinajstić information content (AvgIpc) is 2.47. The summed E-state index contributed by atoms with van der Waals surface area (Å²) in [6.07, 6.45) is 3.12. The minimum atomic E-state index is -0.421. The highest BCUT2D eigenvalue weighted by atomic mass is 16.5. The van der Waals surface area contributed by atoms with Crippen LogP contribution in [0, 0.1) is 0 Å². The molecule has 0 amide bonds. The van der Waals surface area contributed by atoms with E-state index in [4.69, 9.17) is 14.2 Å². The van der Waals surface area contributed by atoms with Gasteiger partial charge in [0.1, 0.15) is 5.76 Å². The SMILES string of the molecule is CCOC(=O)CC1=CNC/C(=C\C(OC)=C(/C)OC)C1=O. The third-order valence-electron chi connectivity index (χ3n) is 2.97. The van der Waals surface area contributed by atoms with Crippen molar-refractivity contribution in [3.63, 3.8) is 0 Å². The normalized spacial score (nSPS) is 17.6. The Hall–Kier alpha value is -2.24. The highest BCUT2D eigenvalue weighted by molar-refractivity contribution is 6.11. The predicted octanol–water partition coefficient (Wildman–Crippen LogP) is 1.45. The summed E-state index contributed by atoms with van der Waals surface area (Å²) >= 11 is 0. The quantitative estimate of drug-likeness (QED) is 0.454. The smallest absolute Gasteiger partial charge is 0.310 e. The Morgan fingerprint density at radius 2 is 2.10 bits per heavy atom. The van der Waals surface area contributed by atoms with Crippen LogP contribution >= 0.6 is 0 Å². The monoisotopic (exact) mass is 295 g/mol. The zero-order valence-electron chi connectivity index (χ0n) is 12.8. The summed E-state index contributed by atoms with van der Waals surface area (Å²) in [5.74, 6) is 0.426. The maximum atomic E-state index is 12.3. The Balaban J connectivity index is 2.92. The minimum Gasteiger partial charge on any atom is -0.498 e. The minimum absolute atomic E-state index is 0.0493. The predicted molar refractivity (Wildman–Crippen MR) is 77.1 cm³/mol. The van der Waals surface area contributed by atoms with Crippen LogP contribution in [0.3, 0.4) is 0 Å². The van der Waals surface area contributed by atoms with Crippen LogP contribution in [0.4, 0.5) is 0 Å². The lowest BCUT2D eigenvalue weighted by atomic mass is 9.98. The van der Waals surface area contributed by atoms with E-state index in [1.54, 1.807) is 26.1 Å². The molecule has 1 aliphatic heterocycles. The van der Waals surface area contributed by atoms with Crippen molar-refractivity contribution in [2.45, 2.75) is 20.3 Å². The van der Waals surface area contributed by atoms with Gasteiger partial charge in [0.2, 0.25) is 0 Å². The highest BCUT2D eigenvalue weighted by Gasteiger charge is 2.22. The van der Waals surface area contributed by atoms with Crippen LogP contribution in [-0.2, 0) is 23.8 Å². The summed E-state index contributed by atoms with van der Waals surface area (Å²) in [4.78, 5) is 23.8. The zero-order chi connectivity index (χ0) is 15.8. The fraction of sp³-hybridized carbons (Fsp3) is 0.467. The van der Waals surface area contributed by atoms with Crippen LogP contribution in [0.1, 0.15) is 20.3 Å². The molecule has 6 nitrogen and oxygen atoms in total. The Labute approximate surface area is 124 Å². The fourth-order valence-electron chi connectivity index (χ4n) is 1.81. The second kappa shape index (κ2) is 8.14. The zero-order valence-corrected chi connectivity index (χ0v) is 12.8. The molecule has 0 bridgehead atoms.